The molecule has 0 unspecified atom stereocenters. The van der Waals surface area contributed by atoms with Crippen molar-refractivity contribution in [2.75, 3.05) is 0 Å². The van der Waals surface area contributed by atoms with Gasteiger partial charge in [-0.1, -0.05) is 0 Å². The fraction of sp³-hybridized carbons (Fsp3) is 0. The molecule has 1 rings (SSSR count). The van der Waals surface area contributed by atoms with Crippen LogP contribution in [0, 0.1) is 3.57 Å². The minimum Gasteiger partial charge on any atom is -0.506 e. The van der Waals surface area contributed by atoms with Crippen LogP contribution in [0.15, 0.2) is 21.1 Å². The van der Waals surface area contributed by atoms with Crippen molar-refractivity contribution in [3.63, 3.8) is 0 Å². The van der Waals surface area contributed by atoms with E-state index in [-0.39, 0.29) is 5.75 Å². The van der Waals surface area contributed by atoms with Gasteiger partial charge in [0.15, 0.2) is 0 Å². The van der Waals surface area contributed by atoms with Gasteiger partial charge in [0.25, 0.3) is 0 Å². The largest absolute Gasteiger partial charge is 0.506 e. The Morgan fingerprint density at radius 2 is 1.90 bits per heavy atom. The van der Waals surface area contributed by atoms with E-state index in [9.17, 15) is 5.11 Å². The first-order valence-electron chi connectivity index (χ1n) is 2.45. The lowest BCUT2D eigenvalue weighted by Crippen LogP contribution is -1.75. The molecule has 0 aliphatic rings. The van der Waals surface area contributed by atoms with E-state index in [2.05, 4.69) is 54.5 Å². The lowest BCUT2D eigenvalue weighted by atomic mass is 10.3. The Morgan fingerprint density at radius 1 is 1.30 bits per heavy atom. The molecular weight excluding hydrogens is 375 g/mol. The van der Waals surface area contributed by atoms with E-state index in [1.807, 2.05) is 12.1 Å². The van der Waals surface area contributed by atoms with Crippen molar-refractivity contribution in [3.05, 3.63) is 24.6 Å². The van der Waals surface area contributed by atoms with Gasteiger partial charge in [-0.15, -0.1) is 0 Å². The van der Waals surface area contributed by atoms with Crippen molar-refractivity contribution in [2.24, 2.45) is 0 Å². The second kappa shape index (κ2) is 3.40. The van der Waals surface area contributed by atoms with E-state index in [4.69, 9.17) is 0 Å². The molecule has 0 aliphatic carbocycles. The topological polar surface area (TPSA) is 20.2 Å². The maximum absolute atomic E-state index is 9.30. The number of phenols is 1. The predicted molar refractivity (Wildman–Crippen MR) is 56.2 cm³/mol. The highest BCUT2D eigenvalue weighted by Gasteiger charge is 2.04. The van der Waals surface area contributed by atoms with Gasteiger partial charge in [-0.2, -0.15) is 0 Å². The highest BCUT2D eigenvalue weighted by molar-refractivity contribution is 14.1. The Bertz CT molecular complexity index is 235. The maximum atomic E-state index is 9.30. The van der Waals surface area contributed by atoms with Gasteiger partial charge in [-0.05, 0) is 66.6 Å². The summed E-state index contributed by atoms with van der Waals surface area (Å²) in [6, 6.07) is 3.72. The minimum atomic E-state index is 0.287. The van der Waals surface area contributed by atoms with Gasteiger partial charge >= 0.3 is 0 Å². The molecule has 0 saturated heterocycles. The summed E-state index contributed by atoms with van der Waals surface area (Å²) in [6.45, 7) is 0. The van der Waals surface area contributed by atoms with Crippen molar-refractivity contribution in [1.82, 2.24) is 0 Å². The second-order valence-electron chi connectivity index (χ2n) is 1.69. The van der Waals surface area contributed by atoms with Crippen molar-refractivity contribution >= 4 is 54.5 Å². The Balaban J connectivity index is 3.34. The molecule has 1 aromatic carbocycles. The quantitative estimate of drug-likeness (QED) is 0.542. The van der Waals surface area contributed by atoms with Crippen molar-refractivity contribution in [3.8, 4) is 5.75 Å². The van der Waals surface area contributed by atoms with Crippen LogP contribution < -0.4 is 0 Å². The molecule has 0 atom stereocenters. The molecule has 1 aromatic rings. The van der Waals surface area contributed by atoms with Crippen molar-refractivity contribution in [2.45, 2.75) is 0 Å². The summed E-state index contributed by atoms with van der Waals surface area (Å²) >= 11 is 8.56. The lowest BCUT2D eigenvalue weighted by molar-refractivity contribution is 0.467. The van der Waals surface area contributed by atoms with Crippen LogP contribution in [0.4, 0.5) is 0 Å². The van der Waals surface area contributed by atoms with Crippen molar-refractivity contribution in [1.29, 1.82) is 0 Å². The fourth-order valence-corrected chi connectivity index (χ4v) is 2.00. The molecule has 4 heteroatoms. The Kier molecular flexibility index (Phi) is 3.00. The van der Waals surface area contributed by atoms with E-state index in [0.29, 0.717) is 4.47 Å². The van der Waals surface area contributed by atoms with Crippen LogP contribution in [0.5, 0.6) is 5.75 Å². The fourth-order valence-electron chi connectivity index (χ4n) is 0.516. The predicted octanol–water partition coefficient (Wildman–Crippen LogP) is 3.52. The Morgan fingerprint density at radius 3 is 2.40 bits per heavy atom. The number of phenolic OH excluding ortho intramolecular Hbond substituents is 1. The SMILES string of the molecule is Oc1c(I)ccc(Br)c1Br. The molecule has 10 heavy (non-hydrogen) atoms. The van der Waals surface area contributed by atoms with Crippen LogP contribution in [-0.4, -0.2) is 5.11 Å². The summed E-state index contributed by atoms with van der Waals surface area (Å²) in [5, 5.41) is 9.30. The van der Waals surface area contributed by atoms with Crippen molar-refractivity contribution < 1.29 is 5.11 Å². The zero-order chi connectivity index (χ0) is 7.72. The third-order valence-electron chi connectivity index (χ3n) is 1.02. The van der Waals surface area contributed by atoms with Crippen LogP contribution in [0.2, 0.25) is 0 Å². The molecule has 0 spiro atoms. The summed E-state index contributed by atoms with van der Waals surface area (Å²) in [5.41, 5.74) is 0. The lowest BCUT2D eigenvalue weighted by Gasteiger charge is -2.00. The zero-order valence-electron chi connectivity index (χ0n) is 4.74. The molecular formula is C6H3Br2IO. The number of halogens is 3. The first kappa shape index (κ1) is 8.80. The average molecular weight is 378 g/mol. The molecule has 0 amide bonds. The van der Waals surface area contributed by atoms with E-state index in [1.54, 1.807) is 0 Å². The number of hydrogen-bond acceptors (Lipinski definition) is 1. The highest BCUT2D eigenvalue weighted by atomic mass is 127. The molecule has 0 heterocycles. The molecule has 0 saturated carbocycles. The van der Waals surface area contributed by atoms with Crippen LogP contribution in [0.3, 0.4) is 0 Å². The monoisotopic (exact) mass is 376 g/mol. The molecule has 0 fully saturated rings. The summed E-state index contributed by atoms with van der Waals surface area (Å²) in [5.74, 6) is 0.287. The van der Waals surface area contributed by atoms with Crippen LogP contribution in [0.1, 0.15) is 0 Å². The number of benzene rings is 1. The number of rotatable bonds is 0. The third-order valence-corrected chi connectivity index (χ3v) is 3.89. The van der Waals surface area contributed by atoms with E-state index < -0.39 is 0 Å². The first-order chi connectivity index (χ1) is 4.63. The van der Waals surface area contributed by atoms with Crippen LogP contribution in [-0.2, 0) is 0 Å². The smallest absolute Gasteiger partial charge is 0.144 e. The Labute approximate surface area is 89.2 Å². The third kappa shape index (κ3) is 1.65. The molecule has 0 bridgehead atoms. The van der Waals surface area contributed by atoms with E-state index in [1.165, 1.54) is 0 Å². The van der Waals surface area contributed by atoms with Gasteiger partial charge in [-0.3, -0.25) is 0 Å². The summed E-state index contributed by atoms with van der Waals surface area (Å²) in [6.07, 6.45) is 0. The molecule has 1 nitrogen and oxygen atoms in total. The van der Waals surface area contributed by atoms with Gasteiger partial charge in [0.1, 0.15) is 5.75 Å². The van der Waals surface area contributed by atoms with Gasteiger partial charge in [0, 0.05) is 4.47 Å². The summed E-state index contributed by atoms with van der Waals surface area (Å²) < 4.78 is 2.41. The maximum Gasteiger partial charge on any atom is 0.144 e. The zero-order valence-corrected chi connectivity index (χ0v) is 10.1. The standard InChI is InChI=1S/C6H3Br2IO/c7-3-1-2-4(9)6(10)5(3)8/h1-2,10H. The number of aromatic hydroxyl groups is 1. The van der Waals surface area contributed by atoms with Crippen LogP contribution >= 0.6 is 54.5 Å². The Hall–Kier alpha value is 0.710. The van der Waals surface area contributed by atoms with Gasteiger partial charge in [-0.25, -0.2) is 0 Å². The summed E-state index contributed by atoms with van der Waals surface area (Å²) in [7, 11) is 0. The van der Waals surface area contributed by atoms with Gasteiger partial charge in [0.2, 0.25) is 0 Å². The second-order valence-corrected chi connectivity index (χ2v) is 4.50. The normalized spacial score (nSPS) is 9.90. The molecule has 0 aromatic heterocycles. The summed E-state index contributed by atoms with van der Waals surface area (Å²) in [4.78, 5) is 0. The average Bonchev–Trinajstić information content (AvgIpc) is 1.93. The van der Waals surface area contributed by atoms with E-state index >= 15 is 0 Å². The molecule has 0 aliphatic heterocycles. The first-order valence-corrected chi connectivity index (χ1v) is 5.12. The van der Waals surface area contributed by atoms with E-state index in [0.717, 1.165) is 8.04 Å². The van der Waals surface area contributed by atoms with Gasteiger partial charge in [0.05, 0.1) is 8.04 Å². The highest BCUT2D eigenvalue weighted by Crippen LogP contribution is 2.34. The molecule has 0 radical (unpaired) electrons. The molecule has 1 N–H and O–H groups in total. The van der Waals surface area contributed by atoms with Crippen LogP contribution in [0.25, 0.3) is 0 Å². The minimum absolute atomic E-state index is 0.287. The molecule has 54 valence electrons. The van der Waals surface area contributed by atoms with Gasteiger partial charge < -0.3 is 5.11 Å². The number of hydrogen-bond donors (Lipinski definition) is 1.